The predicted octanol–water partition coefficient (Wildman–Crippen LogP) is 0.686. The molecule has 0 unspecified atom stereocenters. The molecule has 2 aromatic heterocycles. The minimum Gasteiger partial charge on any atom is -0.394 e. The number of hydrogen-bond acceptors (Lipinski definition) is 8. The third kappa shape index (κ3) is 5.85. The zero-order valence-corrected chi connectivity index (χ0v) is 19.5. The number of piperazine rings is 1. The third-order valence-electron chi connectivity index (χ3n) is 6.11. The molecule has 0 atom stereocenters. The van der Waals surface area contributed by atoms with Gasteiger partial charge in [-0.15, -0.1) is 0 Å². The van der Waals surface area contributed by atoms with Crippen molar-refractivity contribution in [3.05, 3.63) is 65.6 Å². The van der Waals surface area contributed by atoms with Crippen molar-refractivity contribution in [1.29, 1.82) is 0 Å². The van der Waals surface area contributed by atoms with Gasteiger partial charge in [-0.25, -0.2) is 4.98 Å². The average molecular weight is 465 g/mol. The number of hydrogen-bond donors (Lipinski definition) is 3. The zero-order chi connectivity index (χ0) is 24.0. The Bertz CT molecular complexity index is 1120. The van der Waals surface area contributed by atoms with Crippen molar-refractivity contribution in [2.45, 2.75) is 25.4 Å². The second kappa shape index (κ2) is 10.8. The molecule has 0 spiro atoms. The SMILES string of the molecule is CCc1nccn1Cc1cc(C#Cc2ccc(N3CCN(CC(N)(CO)CO)CC3)cc2)on1. The smallest absolute Gasteiger partial charge is 0.210 e. The van der Waals surface area contributed by atoms with E-state index in [9.17, 15) is 10.2 Å². The Morgan fingerprint density at radius 2 is 1.82 bits per heavy atom. The van der Waals surface area contributed by atoms with E-state index in [0.29, 0.717) is 18.8 Å². The van der Waals surface area contributed by atoms with Crippen LogP contribution in [0.15, 0.2) is 47.2 Å². The molecule has 1 aromatic carbocycles. The Morgan fingerprint density at radius 3 is 2.50 bits per heavy atom. The lowest BCUT2D eigenvalue weighted by atomic mass is 10.0. The Balaban J connectivity index is 1.31. The number of benzene rings is 1. The highest BCUT2D eigenvalue weighted by molar-refractivity contribution is 5.51. The van der Waals surface area contributed by atoms with E-state index in [-0.39, 0.29) is 13.2 Å². The second-order valence-electron chi connectivity index (χ2n) is 8.75. The highest BCUT2D eigenvalue weighted by atomic mass is 16.5. The van der Waals surface area contributed by atoms with Crippen LogP contribution < -0.4 is 10.6 Å². The first-order valence-corrected chi connectivity index (χ1v) is 11.6. The van der Waals surface area contributed by atoms with Gasteiger partial charge in [0.1, 0.15) is 11.5 Å². The topological polar surface area (TPSA) is 117 Å². The van der Waals surface area contributed by atoms with Crippen LogP contribution in [0.4, 0.5) is 5.69 Å². The van der Waals surface area contributed by atoms with E-state index in [1.165, 1.54) is 0 Å². The van der Waals surface area contributed by atoms with Crippen LogP contribution in [0.5, 0.6) is 0 Å². The summed E-state index contributed by atoms with van der Waals surface area (Å²) in [6, 6.07) is 10.0. The van der Waals surface area contributed by atoms with Gasteiger partial charge in [0.2, 0.25) is 5.76 Å². The lowest BCUT2D eigenvalue weighted by Crippen LogP contribution is -2.59. The Morgan fingerprint density at radius 1 is 1.09 bits per heavy atom. The fourth-order valence-corrected chi connectivity index (χ4v) is 4.07. The van der Waals surface area contributed by atoms with Crippen LogP contribution in [-0.2, 0) is 13.0 Å². The van der Waals surface area contributed by atoms with E-state index in [1.54, 1.807) is 6.20 Å². The van der Waals surface area contributed by atoms with Crippen LogP contribution in [0.1, 0.15) is 29.8 Å². The van der Waals surface area contributed by atoms with Crippen LogP contribution in [-0.4, -0.2) is 81.3 Å². The maximum atomic E-state index is 9.41. The van der Waals surface area contributed by atoms with Crippen molar-refractivity contribution in [2.75, 3.05) is 50.8 Å². The molecule has 3 aromatic rings. The van der Waals surface area contributed by atoms with Gasteiger partial charge in [0.15, 0.2) is 0 Å². The second-order valence-corrected chi connectivity index (χ2v) is 8.75. The van der Waals surface area contributed by atoms with E-state index < -0.39 is 5.54 Å². The summed E-state index contributed by atoms with van der Waals surface area (Å²) in [5.74, 6) is 7.74. The molecule has 0 radical (unpaired) electrons. The molecular weight excluding hydrogens is 432 g/mol. The predicted molar refractivity (Wildman–Crippen MR) is 129 cm³/mol. The highest BCUT2D eigenvalue weighted by Crippen LogP contribution is 2.18. The van der Waals surface area contributed by atoms with Crippen LogP contribution in [0.25, 0.3) is 0 Å². The van der Waals surface area contributed by atoms with E-state index in [1.807, 2.05) is 24.4 Å². The van der Waals surface area contributed by atoms with Gasteiger partial charge in [0.05, 0.1) is 25.3 Å². The minimum atomic E-state index is -0.954. The summed E-state index contributed by atoms with van der Waals surface area (Å²) < 4.78 is 7.43. The van der Waals surface area contributed by atoms with Crippen molar-refractivity contribution >= 4 is 5.69 Å². The molecule has 4 N–H and O–H groups in total. The molecule has 9 heteroatoms. The van der Waals surface area contributed by atoms with Gasteiger partial charge in [0, 0.05) is 68.9 Å². The monoisotopic (exact) mass is 464 g/mol. The first kappa shape index (κ1) is 24.0. The first-order chi connectivity index (χ1) is 16.5. The van der Waals surface area contributed by atoms with Gasteiger partial charge in [-0.1, -0.05) is 18.0 Å². The Labute approximate surface area is 199 Å². The molecule has 1 aliphatic heterocycles. The molecule has 1 aliphatic rings. The van der Waals surface area contributed by atoms with Gasteiger partial charge >= 0.3 is 0 Å². The number of nitrogens with two attached hydrogens (primary N) is 1. The van der Waals surface area contributed by atoms with E-state index >= 15 is 0 Å². The van der Waals surface area contributed by atoms with E-state index in [0.717, 1.165) is 55.4 Å². The average Bonchev–Trinajstić information content (AvgIpc) is 3.53. The molecule has 0 saturated carbocycles. The molecular formula is C25H32N6O3. The number of rotatable bonds is 8. The van der Waals surface area contributed by atoms with Crippen LogP contribution in [0.2, 0.25) is 0 Å². The number of aryl methyl sites for hydroxylation is 1. The lowest BCUT2D eigenvalue weighted by molar-refractivity contribution is 0.0811. The van der Waals surface area contributed by atoms with Crippen LogP contribution >= 0.6 is 0 Å². The molecule has 3 heterocycles. The molecule has 34 heavy (non-hydrogen) atoms. The highest BCUT2D eigenvalue weighted by Gasteiger charge is 2.28. The number of aliphatic hydroxyl groups excluding tert-OH is 2. The van der Waals surface area contributed by atoms with Crippen molar-refractivity contribution in [1.82, 2.24) is 19.6 Å². The van der Waals surface area contributed by atoms with Gasteiger partial charge < -0.3 is 29.9 Å². The molecule has 1 fully saturated rings. The fourth-order valence-electron chi connectivity index (χ4n) is 4.07. The number of aliphatic hydroxyl groups is 2. The van der Waals surface area contributed by atoms with E-state index in [2.05, 4.69) is 55.4 Å². The number of anilines is 1. The first-order valence-electron chi connectivity index (χ1n) is 11.6. The summed E-state index contributed by atoms with van der Waals surface area (Å²) in [6.07, 6.45) is 4.60. The van der Waals surface area contributed by atoms with Gasteiger partial charge in [-0.05, 0) is 30.2 Å². The Hall–Kier alpha value is -3.16. The zero-order valence-electron chi connectivity index (χ0n) is 19.5. The van der Waals surface area contributed by atoms with Gasteiger partial charge in [-0.2, -0.15) is 0 Å². The summed E-state index contributed by atoms with van der Waals surface area (Å²) in [7, 11) is 0. The number of aromatic nitrogens is 3. The third-order valence-corrected chi connectivity index (χ3v) is 6.11. The normalized spacial score (nSPS) is 14.8. The summed E-state index contributed by atoms with van der Waals surface area (Å²) in [5, 5.41) is 23.0. The molecule has 1 saturated heterocycles. The van der Waals surface area contributed by atoms with Crippen molar-refractivity contribution in [3.63, 3.8) is 0 Å². The maximum absolute atomic E-state index is 9.41. The molecule has 180 valence electrons. The van der Waals surface area contributed by atoms with Crippen molar-refractivity contribution < 1.29 is 14.7 Å². The van der Waals surface area contributed by atoms with Crippen molar-refractivity contribution in [2.24, 2.45) is 5.73 Å². The maximum Gasteiger partial charge on any atom is 0.210 e. The Kier molecular flexibility index (Phi) is 7.65. The molecule has 4 rings (SSSR count). The quantitative estimate of drug-likeness (QED) is 0.417. The summed E-state index contributed by atoms with van der Waals surface area (Å²) in [6.45, 7) is 6.07. The van der Waals surface area contributed by atoms with Crippen LogP contribution in [0.3, 0.4) is 0 Å². The minimum absolute atomic E-state index is 0.230. The van der Waals surface area contributed by atoms with Gasteiger partial charge in [0.25, 0.3) is 0 Å². The largest absolute Gasteiger partial charge is 0.394 e. The van der Waals surface area contributed by atoms with E-state index in [4.69, 9.17) is 10.3 Å². The van der Waals surface area contributed by atoms with Crippen molar-refractivity contribution in [3.8, 4) is 11.8 Å². The summed E-state index contributed by atoms with van der Waals surface area (Å²) >= 11 is 0. The fraction of sp³-hybridized carbons (Fsp3) is 0.440. The molecule has 0 amide bonds. The summed E-state index contributed by atoms with van der Waals surface area (Å²) in [5.41, 5.74) is 7.93. The molecule has 0 bridgehead atoms. The summed E-state index contributed by atoms with van der Waals surface area (Å²) in [4.78, 5) is 8.82. The number of nitrogens with zero attached hydrogens (tertiary/aromatic N) is 5. The number of imidazole rings is 1. The molecule has 0 aliphatic carbocycles. The molecule has 9 nitrogen and oxygen atoms in total. The standard InChI is InChI=1S/C25H32N6O3/c1-2-24-27-9-10-31(24)16-21-15-23(34-28-21)8-5-20-3-6-22(7-4-20)30-13-11-29(12-14-30)17-25(26,18-32)19-33/h3-4,6-7,9-10,15,32-33H,2,11-14,16-19,26H2,1H3. The van der Waals surface area contributed by atoms with Gasteiger partial charge in [-0.3, -0.25) is 4.90 Å². The van der Waals surface area contributed by atoms with Crippen LogP contribution in [0, 0.1) is 11.8 Å². The lowest BCUT2D eigenvalue weighted by Gasteiger charge is -2.39.